The maximum absolute atomic E-state index is 3.72. The van der Waals surface area contributed by atoms with Crippen LogP contribution in [0.3, 0.4) is 0 Å². The number of hydrogen-bond donors (Lipinski definition) is 0. The molecule has 2 aliphatic rings. The number of halogens is 2. The largest absolute Gasteiger partial charge is 3.00 e. The third-order valence-corrected chi connectivity index (χ3v) is 6.13. The number of allylic oxidation sites excluding steroid dienone is 4. The molecule has 1 unspecified atom stereocenters. The van der Waals surface area contributed by atoms with E-state index in [4.69, 9.17) is 0 Å². The van der Waals surface area contributed by atoms with Crippen molar-refractivity contribution in [2.45, 2.75) is 41.5 Å². The van der Waals surface area contributed by atoms with Gasteiger partial charge in [0.1, 0.15) is 0 Å². The first-order valence-electron chi connectivity index (χ1n) is 9.14. The molecule has 2 aliphatic carbocycles. The van der Waals surface area contributed by atoms with Crippen molar-refractivity contribution in [1.82, 2.24) is 0 Å². The molecule has 1 atom stereocenters. The van der Waals surface area contributed by atoms with Gasteiger partial charge in [-0.25, -0.2) is 0 Å². The molecule has 1 radical (unpaired) electrons. The number of fused-ring (bicyclic) bond motifs is 2. The second-order valence-corrected chi connectivity index (χ2v) is 7.65. The molecule has 0 aliphatic heterocycles. The molecular formula is C25H25Cl2Ti. The number of benzene rings is 2. The molecule has 0 nitrogen and oxygen atoms in total. The van der Waals surface area contributed by atoms with E-state index in [9.17, 15) is 0 Å². The van der Waals surface area contributed by atoms with E-state index < -0.39 is 0 Å². The zero-order chi connectivity index (χ0) is 17.9. The molecule has 0 amide bonds. The molecule has 4 rings (SSSR count). The Morgan fingerprint density at radius 2 is 1.50 bits per heavy atom. The van der Waals surface area contributed by atoms with Gasteiger partial charge in [0.15, 0.2) is 0 Å². The summed E-state index contributed by atoms with van der Waals surface area (Å²) in [5.74, 6) is 0.468. The molecule has 28 heavy (non-hydrogen) atoms. The van der Waals surface area contributed by atoms with Crippen LogP contribution in [0.2, 0.25) is 0 Å². The Kier molecular flexibility index (Phi) is 8.20. The number of hydrogen-bond acceptors (Lipinski definition) is 0. The molecular weight excluding hydrogens is 419 g/mol. The van der Waals surface area contributed by atoms with Gasteiger partial charge in [-0.1, -0.05) is 70.3 Å². The summed E-state index contributed by atoms with van der Waals surface area (Å²) in [5, 5.41) is 5.22. The summed E-state index contributed by atoms with van der Waals surface area (Å²) < 4.78 is 0. The van der Waals surface area contributed by atoms with Crippen LogP contribution in [0.4, 0.5) is 0 Å². The second kappa shape index (κ2) is 9.18. The third-order valence-electron chi connectivity index (χ3n) is 6.13. The minimum absolute atomic E-state index is 0. The van der Waals surface area contributed by atoms with Crippen LogP contribution < -0.4 is 35.3 Å². The van der Waals surface area contributed by atoms with Crippen molar-refractivity contribution < 1.29 is 46.5 Å². The predicted molar refractivity (Wildman–Crippen MR) is 107 cm³/mol. The van der Waals surface area contributed by atoms with Gasteiger partial charge in [-0.05, 0) is 46.1 Å². The molecule has 0 bridgehead atoms. The Hall–Kier alpha value is -1.05. The van der Waals surface area contributed by atoms with Gasteiger partial charge in [-0.15, -0.1) is 33.4 Å². The third kappa shape index (κ3) is 3.61. The van der Waals surface area contributed by atoms with Gasteiger partial charge in [0, 0.05) is 0 Å². The standard InChI is InChI=1S/C25H25.2ClH.Ti/c1-14(2)20-11-12-22-21-10-8-7-9-19(21)13-23(22)25(20)24-17(5)15(3)16(4)18(24)6;;;/h7-12,17H,1-6H3;2*1H;/q-1;;;+3/p-2. The summed E-state index contributed by atoms with van der Waals surface area (Å²) in [6, 6.07) is 13.2. The molecule has 2 aromatic carbocycles. The summed E-state index contributed by atoms with van der Waals surface area (Å²) in [7, 11) is 0. The summed E-state index contributed by atoms with van der Waals surface area (Å²) in [6.07, 6.45) is 3.72. The van der Waals surface area contributed by atoms with Crippen LogP contribution in [0.25, 0.3) is 17.2 Å². The van der Waals surface area contributed by atoms with Crippen molar-refractivity contribution in [2.24, 2.45) is 5.92 Å². The van der Waals surface area contributed by atoms with Gasteiger partial charge in [-0.3, -0.25) is 0 Å². The van der Waals surface area contributed by atoms with E-state index in [-0.39, 0.29) is 46.5 Å². The van der Waals surface area contributed by atoms with Gasteiger partial charge >= 0.3 is 21.7 Å². The van der Waals surface area contributed by atoms with Crippen LogP contribution in [0, 0.1) is 16.4 Å². The Morgan fingerprint density at radius 3 is 2.07 bits per heavy atom. The van der Waals surface area contributed by atoms with Gasteiger partial charge in [0.25, 0.3) is 0 Å². The van der Waals surface area contributed by atoms with E-state index in [0.29, 0.717) is 5.92 Å². The Morgan fingerprint density at radius 1 is 0.857 bits per heavy atom. The van der Waals surface area contributed by atoms with Gasteiger partial charge in [-0.2, -0.15) is 0 Å². The molecule has 0 saturated carbocycles. The molecule has 0 heterocycles. The fourth-order valence-electron chi connectivity index (χ4n) is 4.38. The molecule has 3 heteroatoms. The van der Waals surface area contributed by atoms with Crippen molar-refractivity contribution in [1.29, 1.82) is 0 Å². The first kappa shape index (κ1) is 25.0. The van der Waals surface area contributed by atoms with E-state index in [1.54, 1.807) is 0 Å². The van der Waals surface area contributed by atoms with E-state index in [1.807, 2.05) is 0 Å². The summed E-state index contributed by atoms with van der Waals surface area (Å²) in [6.45, 7) is 13.6. The second-order valence-electron chi connectivity index (χ2n) is 7.65. The van der Waals surface area contributed by atoms with Gasteiger partial charge in [0.05, 0.1) is 0 Å². The maximum atomic E-state index is 3.72. The van der Waals surface area contributed by atoms with Crippen molar-refractivity contribution in [3.8, 4) is 0 Å². The smallest absolute Gasteiger partial charge is 1.00 e. The first-order valence-corrected chi connectivity index (χ1v) is 9.14. The van der Waals surface area contributed by atoms with Crippen LogP contribution >= 0.6 is 0 Å². The molecule has 0 fully saturated rings. The first-order chi connectivity index (χ1) is 11.9. The summed E-state index contributed by atoms with van der Waals surface area (Å²) in [5.41, 5.74) is 9.93. The van der Waals surface area contributed by atoms with Crippen LogP contribution in [0.15, 0.2) is 53.1 Å². The zero-order valence-electron chi connectivity index (χ0n) is 17.3. The molecule has 2 aromatic rings. The normalized spacial score (nSPS) is 16.4. The van der Waals surface area contributed by atoms with Crippen LogP contribution in [0.5, 0.6) is 0 Å². The fourth-order valence-corrected chi connectivity index (χ4v) is 4.38. The monoisotopic (exact) mass is 443 g/mol. The predicted octanol–water partition coefficient (Wildman–Crippen LogP) is -1.05. The minimum Gasteiger partial charge on any atom is -1.00 e. The number of rotatable bonds is 1. The van der Waals surface area contributed by atoms with E-state index in [1.165, 1.54) is 59.9 Å². The molecule has 143 valence electrons. The molecule has 0 aromatic heterocycles. The fraction of sp³-hybridized carbons (Fsp3) is 0.280. The van der Waals surface area contributed by atoms with Crippen molar-refractivity contribution >= 4 is 17.2 Å². The molecule has 0 spiro atoms. The summed E-state index contributed by atoms with van der Waals surface area (Å²) >= 11 is 0. The average molecular weight is 444 g/mol. The minimum atomic E-state index is 0. The molecule has 0 saturated heterocycles. The molecule has 0 N–H and O–H groups in total. The Labute approximate surface area is 195 Å². The Bertz CT molecular complexity index is 1200. The van der Waals surface area contributed by atoms with Crippen LogP contribution in [-0.2, 0) is 21.7 Å². The quantitative estimate of drug-likeness (QED) is 0.332. The van der Waals surface area contributed by atoms with E-state index in [2.05, 4.69) is 84.0 Å². The van der Waals surface area contributed by atoms with Crippen LogP contribution in [-0.4, -0.2) is 0 Å². The van der Waals surface area contributed by atoms with Gasteiger partial charge in [0.2, 0.25) is 0 Å². The average Bonchev–Trinajstić information content (AvgIpc) is 3.06. The summed E-state index contributed by atoms with van der Waals surface area (Å²) in [4.78, 5) is 0. The van der Waals surface area contributed by atoms with Crippen molar-refractivity contribution in [3.63, 3.8) is 0 Å². The van der Waals surface area contributed by atoms with Crippen molar-refractivity contribution in [3.05, 3.63) is 85.1 Å². The zero-order valence-corrected chi connectivity index (χ0v) is 20.4. The van der Waals surface area contributed by atoms with E-state index in [0.717, 1.165) is 0 Å². The van der Waals surface area contributed by atoms with E-state index >= 15 is 0 Å². The maximum Gasteiger partial charge on any atom is 3.00 e. The topological polar surface area (TPSA) is 0 Å². The SMILES string of the molecule is CC1=C(C)C(C)C(c2c3c(ccc2=C(C)C)=c2ccccc2=[C-]3)=C1C.[Cl-].[Cl-].[Ti+3]. The van der Waals surface area contributed by atoms with Crippen molar-refractivity contribution in [2.75, 3.05) is 0 Å². The van der Waals surface area contributed by atoms with Gasteiger partial charge < -0.3 is 24.8 Å². The van der Waals surface area contributed by atoms with Crippen LogP contribution in [0.1, 0.15) is 52.7 Å². The Balaban J connectivity index is 0.00000131.